The smallest absolute Gasteiger partial charge is 0.0730 e. The standard InChI is InChI=1S/C11H21N3O/c1-8(2)10(7-15-4)6-14-9(3)11(12)5-13-14/h5,8,10H,6-7,12H2,1-4H3. The van der Waals surface area contributed by atoms with Crippen LogP contribution in [0.25, 0.3) is 0 Å². The van der Waals surface area contributed by atoms with E-state index in [1.807, 2.05) is 11.6 Å². The van der Waals surface area contributed by atoms with Gasteiger partial charge in [-0.05, 0) is 12.8 Å². The summed E-state index contributed by atoms with van der Waals surface area (Å²) in [5.41, 5.74) is 7.55. The zero-order valence-corrected chi connectivity index (χ0v) is 10.0. The lowest BCUT2D eigenvalue weighted by Gasteiger charge is -2.20. The van der Waals surface area contributed by atoms with Gasteiger partial charge in [0, 0.05) is 19.6 Å². The fourth-order valence-corrected chi connectivity index (χ4v) is 1.54. The normalized spacial score (nSPS) is 13.4. The summed E-state index contributed by atoms with van der Waals surface area (Å²) in [6, 6.07) is 0. The van der Waals surface area contributed by atoms with Crippen LogP contribution in [-0.2, 0) is 11.3 Å². The minimum absolute atomic E-state index is 0.480. The van der Waals surface area contributed by atoms with Crippen molar-refractivity contribution in [1.29, 1.82) is 0 Å². The Kier molecular flexibility index (Phi) is 4.15. The summed E-state index contributed by atoms with van der Waals surface area (Å²) in [5, 5.41) is 4.26. The Balaban J connectivity index is 2.69. The number of methoxy groups -OCH3 is 1. The third-order valence-electron chi connectivity index (χ3n) is 2.87. The Labute approximate surface area is 91.4 Å². The van der Waals surface area contributed by atoms with Gasteiger partial charge >= 0.3 is 0 Å². The van der Waals surface area contributed by atoms with Crippen LogP contribution in [-0.4, -0.2) is 23.5 Å². The van der Waals surface area contributed by atoms with Crippen LogP contribution >= 0.6 is 0 Å². The maximum Gasteiger partial charge on any atom is 0.0730 e. The van der Waals surface area contributed by atoms with Crippen molar-refractivity contribution in [2.45, 2.75) is 27.3 Å². The molecule has 1 heterocycles. The maximum absolute atomic E-state index is 5.75. The molecule has 1 rings (SSSR count). The number of nitrogens with zero attached hydrogens (tertiary/aromatic N) is 2. The lowest BCUT2D eigenvalue weighted by atomic mass is 9.97. The van der Waals surface area contributed by atoms with Gasteiger partial charge in [-0.1, -0.05) is 13.8 Å². The molecule has 0 aromatic carbocycles. The summed E-state index contributed by atoms with van der Waals surface area (Å²) in [5.74, 6) is 1.06. The van der Waals surface area contributed by atoms with Gasteiger partial charge in [0.1, 0.15) is 0 Å². The lowest BCUT2D eigenvalue weighted by Crippen LogP contribution is -2.22. The quantitative estimate of drug-likeness (QED) is 0.806. The molecule has 0 radical (unpaired) electrons. The van der Waals surface area contributed by atoms with Crippen molar-refractivity contribution < 1.29 is 4.74 Å². The molecule has 0 spiro atoms. The van der Waals surface area contributed by atoms with Crippen LogP contribution in [0.1, 0.15) is 19.5 Å². The Morgan fingerprint density at radius 1 is 1.53 bits per heavy atom. The van der Waals surface area contributed by atoms with Crippen molar-refractivity contribution in [3.8, 4) is 0 Å². The molecule has 1 aromatic rings. The number of ether oxygens (including phenoxy) is 1. The first-order valence-corrected chi connectivity index (χ1v) is 5.33. The van der Waals surface area contributed by atoms with Crippen LogP contribution < -0.4 is 5.73 Å². The summed E-state index contributed by atoms with van der Waals surface area (Å²) in [4.78, 5) is 0. The van der Waals surface area contributed by atoms with Gasteiger partial charge < -0.3 is 10.5 Å². The van der Waals surface area contributed by atoms with Gasteiger partial charge in [0.2, 0.25) is 0 Å². The van der Waals surface area contributed by atoms with E-state index in [9.17, 15) is 0 Å². The molecule has 0 aliphatic rings. The number of hydrogen-bond acceptors (Lipinski definition) is 3. The number of anilines is 1. The van der Waals surface area contributed by atoms with Crippen LogP contribution in [0.5, 0.6) is 0 Å². The molecule has 15 heavy (non-hydrogen) atoms. The highest BCUT2D eigenvalue weighted by molar-refractivity contribution is 5.39. The number of hydrogen-bond donors (Lipinski definition) is 1. The van der Waals surface area contributed by atoms with E-state index in [0.29, 0.717) is 11.8 Å². The van der Waals surface area contributed by atoms with E-state index >= 15 is 0 Å². The minimum Gasteiger partial charge on any atom is -0.396 e. The van der Waals surface area contributed by atoms with Gasteiger partial charge in [-0.3, -0.25) is 4.68 Å². The number of nitrogens with two attached hydrogens (primary N) is 1. The molecule has 0 aliphatic heterocycles. The molecule has 4 nitrogen and oxygen atoms in total. The van der Waals surface area contributed by atoms with Crippen LogP contribution in [0.2, 0.25) is 0 Å². The van der Waals surface area contributed by atoms with Gasteiger partial charge in [-0.15, -0.1) is 0 Å². The Morgan fingerprint density at radius 3 is 2.60 bits per heavy atom. The Morgan fingerprint density at radius 2 is 2.20 bits per heavy atom. The largest absolute Gasteiger partial charge is 0.396 e. The van der Waals surface area contributed by atoms with E-state index in [0.717, 1.165) is 24.5 Å². The van der Waals surface area contributed by atoms with E-state index in [4.69, 9.17) is 10.5 Å². The third-order valence-corrected chi connectivity index (χ3v) is 2.87. The highest BCUT2D eigenvalue weighted by atomic mass is 16.5. The van der Waals surface area contributed by atoms with Gasteiger partial charge in [0.05, 0.1) is 24.2 Å². The Hall–Kier alpha value is -1.03. The van der Waals surface area contributed by atoms with Crippen molar-refractivity contribution in [2.75, 3.05) is 19.5 Å². The molecule has 1 aromatic heterocycles. The molecule has 2 N–H and O–H groups in total. The van der Waals surface area contributed by atoms with Crippen molar-refractivity contribution >= 4 is 5.69 Å². The lowest BCUT2D eigenvalue weighted by molar-refractivity contribution is 0.116. The minimum atomic E-state index is 0.480. The summed E-state index contributed by atoms with van der Waals surface area (Å²) < 4.78 is 7.17. The third kappa shape index (κ3) is 2.96. The second-order valence-electron chi connectivity index (χ2n) is 4.33. The molecule has 4 heteroatoms. The highest BCUT2D eigenvalue weighted by Crippen LogP contribution is 2.16. The number of nitrogen functional groups attached to an aromatic ring is 1. The van der Waals surface area contributed by atoms with Gasteiger partial charge in [0.25, 0.3) is 0 Å². The molecule has 0 amide bonds. The van der Waals surface area contributed by atoms with Crippen LogP contribution in [0.4, 0.5) is 5.69 Å². The van der Waals surface area contributed by atoms with Crippen LogP contribution in [0.3, 0.4) is 0 Å². The van der Waals surface area contributed by atoms with Crippen molar-refractivity contribution in [3.63, 3.8) is 0 Å². The monoisotopic (exact) mass is 211 g/mol. The topological polar surface area (TPSA) is 53.1 Å². The van der Waals surface area contributed by atoms with Crippen molar-refractivity contribution in [3.05, 3.63) is 11.9 Å². The molecule has 0 fully saturated rings. The van der Waals surface area contributed by atoms with Crippen LogP contribution in [0.15, 0.2) is 6.20 Å². The molecule has 1 unspecified atom stereocenters. The van der Waals surface area contributed by atoms with Gasteiger partial charge in [-0.25, -0.2) is 0 Å². The zero-order chi connectivity index (χ0) is 11.4. The average molecular weight is 211 g/mol. The predicted octanol–water partition coefficient (Wildman–Crippen LogP) is 1.69. The number of rotatable bonds is 5. The molecule has 0 saturated carbocycles. The molecule has 1 atom stereocenters. The summed E-state index contributed by atoms with van der Waals surface area (Å²) in [7, 11) is 1.74. The SMILES string of the molecule is COCC(Cn1ncc(N)c1C)C(C)C. The first kappa shape index (κ1) is 12.0. The fourth-order valence-electron chi connectivity index (χ4n) is 1.54. The van der Waals surface area contributed by atoms with E-state index < -0.39 is 0 Å². The molecular formula is C11H21N3O. The fraction of sp³-hybridized carbons (Fsp3) is 0.727. The summed E-state index contributed by atoms with van der Waals surface area (Å²) in [6.07, 6.45) is 1.71. The predicted molar refractivity (Wildman–Crippen MR) is 61.6 cm³/mol. The summed E-state index contributed by atoms with van der Waals surface area (Å²) >= 11 is 0. The number of aromatic nitrogens is 2. The molecule has 0 aliphatic carbocycles. The average Bonchev–Trinajstić information content (AvgIpc) is 2.48. The molecule has 86 valence electrons. The maximum atomic E-state index is 5.75. The Bertz CT molecular complexity index is 307. The first-order chi connectivity index (χ1) is 7.06. The second kappa shape index (κ2) is 5.16. The summed E-state index contributed by atoms with van der Waals surface area (Å²) in [6.45, 7) is 8.02. The molecule has 0 bridgehead atoms. The van der Waals surface area contributed by atoms with Crippen molar-refractivity contribution in [1.82, 2.24) is 9.78 Å². The molecular weight excluding hydrogens is 190 g/mol. The van der Waals surface area contributed by atoms with Gasteiger partial charge in [0.15, 0.2) is 0 Å². The van der Waals surface area contributed by atoms with E-state index in [2.05, 4.69) is 18.9 Å². The second-order valence-corrected chi connectivity index (χ2v) is 4.33. The van der Waals surface area contributed by atoms with E-state index in [-0.39, 0.29) is 0 Å². The first-order valence-electron chi connectivity index (χ1n) is 5.33. The highest BCUT2D eigenvalue weighted by Gasteiger charge is 2.15. The zero-order valence-electron chi connectivity index (χ0n) is 10.0. The van der Waals surface area contributed by atoms with Crippen molar-refractivity contribution in [2.24, 2.45) is 11.8 Å². The molecule has 0 saturated heterocycles. The van der Waals surface area contributed by atoms with Gasteiger partial charge in [-0.2, -0.15) is 5.10 Å². The van der Waals surface area contributed by atoms with E-state index in [1.165, 1.54) is 0 Å². The van der Waals surface area contributed by atoms with E-state index in [1.54, 1.807) is 13.3 Å². The van der Waals surface area contributed by atoms with Crippen LogP contribution in [0, 0.1) is 18.8 Å².